The average molecular weight is 371 g/mol. The summed E-state index contributed by atoms with van der Waals surface area (Å²) in [5, 5.41) is 8.03. The van der Waals surface area contributed by atoms with Gasteiger partial charge in [0.15, 0.2) is 0 Å². The van der Waals surface area contributed by atoms with E-state index in [9.17, 15) is 4.79 Å². The fourth-order valence-corrected chi connectivity index (χ4v) is 3.90. The topological polar surface area (TPSA) is 75.0 Å². The first kappa shape index (κ1) is 18.4. The second-order valence-electron chi connectivity index (χ2n) is 6.87. The molecule has 0 unspecified atom stereocenters. The summed E-state index contributed by atoms with van der Waals surface area (Å²) >= 11 is 0. The van der Waals surface area contributed by atoms with Gasteiger partial charge in [0.2, 0.25) is 0 Å². The maximum absolute atomic E-state index is 13.2. The molecule has 136 valence electrons. The molecule has 1 amide bonds. The van der Waals surface area contributed by atoms with Crippen LogP contribution in [-0.2, 0) is 0 Å². The van der Waals surface area contributed by atoms with E-state index in [0.29, 0.717) is 25.2 Å². The molecule has 1 aliphatic heterocycles. The molecule has 0 saturated carbocycles. The minimum atomic E-state index is 0. The van der Waals surface area contributed by atoms with Gasteiger partial charge in [-0.05, 0) is 42.6 Å². The molecule has 0 spiro atoms. The number of aromatic nitrogens is 2. The number of rotatable bonds is 3. The number of carbonyl (C=O) groups is 1. The number of fused-ring (bicyclic) bond motifs is 1. The lowest BCUT2D eigenvalue weighted by Crippen LogP contribution is -2.30. The number of halogens is 1. The first-order valence-electron chi connectivity index (χ1n) is 8.65. The first-order valence-corrected chi connectivity index (χ1v) is 8.65. The van der Waals surface area contributed by atoms with Gasteiger partial charge in [-0.1, -0.05) is 30.3 Å². The molecule has 1 aliphatic rings. The fourth-order valence-electron chi connectivity index (χ4n) is 3.90. The summed E-state index contributed by atoms with van der Waals surface area (Å²) in [5.74, 6) is 0.625. The van der Waals surface area contributed by atoms with Crippen molar-refractivity contribution in [2.24, 2.45) is 11.7 Å². The monoisotopic (exact) mass is 370 g/mol. The number of carbonyl (C=O) groups excluding carboxylic acids is 1. The van der Waals surface area contributed by atoms with Crippen LogP contribution in [0, 0.1) is 12.8 Å². The predicted molar refractivity (Wildman–Crippen MR) is 106 cm³/mol. The van der Waals surface area contributed by atoms with Gasteiger partial charge in [0, 0.05) is 24.4 Å². The van der Waals surface area contributed by atoms with E-state index in [1.165, 1.54) is 5.56 Å². The minimum Gasteiger partial charge on any atom is -0.338 e. The maximum Gasteiger partial charge on any atom is 0.256 e. The molecule has 3 aromatic rings. The van der Waals surface area contributed by atoms with Gasteiger partial charge in [-0.25, -0.2) is 0 Å². The number of nitrogens with one attached hydrogen (secondary N) is 1. The largest absolute Gasteiger partial charge is 0.338 e. The second-order valence-corrected chi connectivity index (χ2v) is 6.87. The van der Waals surface area contributed by atoms with Gasteiger partial charge in [0.1, 0.15) is 0 Å². The van der Waals surface area contributed by atoms with Crippen LogP contribution in [0.1, 0.15) is 27.4 Å². The standard InChI is InChI=1S/C20H22N4O.ClH/c1-13-7-15-10-22-23-19(15)17(8-13)20(25)24-11-16(9-21)18(12-24)14-5-3-2-4-6-14;/h2-8,10,16,18H,9,11-12,21H2,1H3,(H,22,23);1H/t16-,18+;/m1./s1. The van der Waals surface area contributed by atoms with Crippen LogP contribution in [0.4, 0.5) is 0 Å². The van der Waals surface area contributed by atoms with Crippen molar-refractivity contribution in [1.82, 2.24) is 15.1 Å². The van der Waals surface area contributed by atoms with Gasteiger partial charge in [-0.2, -0.15) is 5.10 Å². The second kappa shape index (κ2) is 7.48. The Morgan fingerprint density at radius 1 is 1.27 bits per heavy atom. The molecule has 1 fully saturated rings. The Labute approximate surface area is 159 Å². The van der Waals surface area contributed by atoms with Crippen molar-refractivity contribution in [3.63, 3.8) is 0 Å². The number of benzene rings is 2. The Bertz CT molecular complexity index is 909. The van der Waals surface area contributed by atoms with Crippen molar-refractivity contribution in [1.29, 1.82) is 0 Å². The van der Waals surface area contributed by atoms with Crippen LogP contribution in [0.15, 0.2) is 48.7 Å². The third kappa shape index (κ3) is 3.20. The number of likely N-dealkylation sites (tertiary alicyclic amines) is 1. The normalized spacial score (nSPS) is 19.5. The van der Waals surface area contributed by atoms with E-state index in [2.05, 4.69) is 22.3 Å². The van der Waals surface area contributed by atoms with Crippen LogP contribution >= 0.6 is 12.4 Å². The van der Waals surface area contributed by atoms with E-state index < -0.39 is 0 Å². The molecule has 0 aliphatic carbocycles. The molecule has 0 bridgehead atoms. The van der Waals surface area contributed by atoms with E-state index in [-0.39, 0.29) is 30.2 Å². The zero-order valence-electron chi connectivity index (χ0n) is 14.7. The van der Waals surface area contributed by atoms with Crippen LogP contribution in [0.3, 0.4) is 0 Å². The molecule has 6 heteroatoms. The molecule has 2 atom stereocenters. The summed E-state index contributed by atoms with van der Waals surface area (Å²) in [4.78, 5) is 15.1. The molecule has 4 rings (SSSR count). The van der Waals surface area contributed by atoms with Gasteiger partial charge in [-0.15, -0.1) is 12.4 Å². The molecular weight excluding hydrogens is 348 g/mol. The molecule has 1 saturated heterocycles. The van der Waals surface area contributed by atoms with Crippen LogP contribution < -0.4 is 5.73 Å². The minimum absolute atomic E-state index is 0. The summed E-state index contributed by atoms with van der Waals surface area (Å²) in [7, 11) is 0. The predicted octanol–water partition coefficient (Wildman–Crippen LogP) is 3.11. The molecule has 2 heterocycles. The smallest absolute Gasteiger partial charge is 0.256 e. The lowest BCUT2D eigenvalue weighted by atomic mass is 9.89. The highest BCUT2D eigenvalue weighted by Crippen LogP contribution is 2.33. The van der Waals surface area contributed by atoms with Crippen LogP contribution in [0.25, 0.3) is 10.9 Å². The number of hydrogen-bond acceptors (Lipinski definition) is 3. The summed E-state index contributed by atoms with van der Waals surface area (Å²) < 4.78 is 0. The highest BCUT2D eigenvalue weighted by Gasteiger charge is 2.36. The first-order chi connectivity index (χ1) is 12.2. The quantitative estimate of drug-likeness (QED) is 0.743. The number of amides is 1. The van der Waals surface area contributed by atoms with E-state index >= 15 is 0 Å². The summed E-state index contributed by atoms with van der Waals surface area (Å²) in [6.45, 7) is 3.98. The zero-order chi connectivity index (χ0) is 17.4. The van der Waals surface area contributed by atoms with Crippen molar-refractivity contribution >= 4 is 29.2 Å². The van der Waals surface area contributed by atoms with Crippen LogP contribution in [0.2, 0.25) is 0 Å². The van der Waals surface area contributed by atoms with Crippen LogP contribution in [-0.4, -0.2) is 40.6 Å². The number of H-pyrrole nitrogens is 1. The SMILES string of the molecule is Cc1cc(C(=O)N2C[C@@H](CN)[C@H](c3ccccc3)C2)c2[nH]ncc2c1.Cl. The summed E-state index contributed by atoms with van der Waals surface area (Å²) in [6, 6.07) is 14.3. The molecule has 2 aromatic carbocycles. The Morgan fingerprint density at radius 3 is 2.77 bits per heavy atom. The van der Waals surface area contributed by atoms with Crippen LogP contribution in [0.5, 0.6) is 0 Å². The Balaban J connectivity index is 0.00000196. The van der Waals surface area contributed by atoms with Gasteiger partial charge in [-0.3, -0.25) is 9.89 Å². The van der Waals surface area contributed by atoms with Crippen molar-refractivity contribution in [3.05, 3.63) is 65.4 Å². The Morgan fingerprint density at radius 2 is 2.04 bits per heavy atom. The van der Waals surface area contributed by atoms with Crippen molar-refractivity contribution < 1.29 is 4.79 Å². The van der Waals surface area contributed by atoms with Crippen molar-refractivity contribution in [2.75, 3.05) is 19.6 Å². The molecule has 0 radical (unpaired) electrons. The van der Waals surface area contributed by atoms with Gasteiger partial charge >= 0.3 is 0 Å². The lowest BCUT2D eigenvalue weighted by molar-refractivity contribution is 0.0788. The number of hydrogen-bond donors (Lipinski definition) is 2. The molecule has 5 nitrogen and oxygen atoms in total. The van der Waals surface area contributed by atoms with E-state index in [0.717, 1.165) is 16.5 Å². The van der Waals surface area contributed by atoms with E-state index in [1.54, 1.807) is 6.20 Å². The molecular formula is C20H23ClN4O. The Kier molecular flexibility index (Phi) is 5.30. The molecule has 1 aromatic heterocycles. The third-order valence-corrected chi connectivity index (χ3v) is 5.18. The van der Waals surface area contributed by atoms with Gasteiger partial charge < -0.3 is 10.6 Å². The number of nitrogens with zero attached hydrogens (tertiary/aromatic N) is 2. The lowest BCUT2D eigenvalue weighted by Gasteiger charge is -2.17. The van der Waals surface area contributed by atoms with Crippen molar-refractivity contribution in [2.45, 2.75) is 12.8 Å². The molecule has 3 N–H and O–H groups in total. The fraction of sp³-hybridized carbons (Fsp3) is 0.300. The van der Waals surface area contributed by atoms with E-state index in [4.69, 9.17) is 5.73 Å². The third-order valence-electron chi connectivity index (χ3n) is 5.18. The zero-order valence-corrected chi connectivity index (χ0v) is 15.5. The Hall–Kier alpha value is -2.37. The molecule has 26 heavy (non-hydrogen) atoms. The number of nitrogens with two attached hydrogens (primary N) is 1. The van der Waals surface area contributed by atoms with Gasteiger partial charge in [0.25, 0.3) is 5.91 Å². The number of aromatic amines is 1. The van der Waals surface area contributed by atoms with Gasteiger partial charge in [0.05, 0.1) is 17.3 Å². The summed E-state index contributed by atoms with van der Waals surface area (Å²) in [5.41, 5.74) is 9.82. The van der Waals surface area contributed by atoms with E-state index in [1.807, 2.05) is 42.2 Å². The van der Waals surface area contributed by atoms with Crippen molar-refractivity contribution in [3.8, 4) is 0 Å². The number of aryl methyl sites for hydroxylation is 1. The highest BCUT2D eigenvalue weighted by atomic mass is 35.5. The highest BCUT2D eigenvalue weighted by molar-refractivity contribution is 6.05. The average Bonchev–Trinajstić information content (AvgIpc) is 3.27. The maximum atomic E-state index is 13.2. The summed E-state index contributed by atoms with van der Waals surface area (Å²) in [6.07, 6.45) is 1.76.